The SMILES string of the molecule is Cc1cc(Br)cc(Cc2cc(Br)cc(Br)c2)c1. The Hall–Kier alpha value is -0.120. The highest BCUT2D eigenvalue weighted by Gasteiger charge is 2.01. The molecule has 0 aliphatic heterocycles. The Balaban J connectivity index is 2.31. The van der Waals surface area contributed by atoms with Gasteiger partial charge in [-0.25, -0.2) is 0 Å². The third-order valence-electron chi connectivity index (χ3n) is 2.43. The minimum absolute atomic E-state index is 0.943. The normalized spacial score (nSPS) is 10.6. The van der Waals surface area contributed by atoms with E-state index in [0.29, 0.717) is 0 Å². The van der Waals surface area contributed by atoms with Gasteiger partial charge in [-0.2, -0.15) is 0 Å². The molecule has 0 aliphatic rings. The van der Waals surface area contributed by atoms with Crippen molar-refractivity contribution >= 4 is 47.8 Å². The van der Waals surface area contributed by atoms with Gasteiger partial charge in [-0.15, -0.1) is 0 Å². The number of rotatable bonds is 2. The number of halogens is 3. The van der Waals surface area contributed by atoms with Gasteiger partial charge in [0.15, 0.2) is 0 Å². The van der Waals surface area contributed by atoms with Gasteiger partial charge in [0.25, 0.3) is 0 Å². The van der Waals surface area contributed by atoms with Crippen LogP contribution in [-0.2, 0) is 6.42 Å². The molecule has 0 saturated carbocycles. The topological polar surface area (TPSA) is 0 Å². The van der Waals surface area contributed by atoms with Crippen LogP contribution < -0.4 is 0 Å². The predicted molar refractivity (Wildman–Crippen MR) is 83.5 cm³/mol. The van der Waals surface area contributed by atoms with Gasteiger partial charge in [0, 0.05) is 13.4 Å². The van der Waals surface area contributed by atoms with Gasteiger partial charge in [0.1, 0.15) is 0 Å². The number of hydrogen-bond acceptors (Lipinski definition) is 0. The molecule has 0 bridgehead atoms. The molecule has 2 rings (SSSR count). The van der Waals surface area contributed by atoms with Crippen LogP contribution in [0.1, 0.15) is 16.7 Å². The van der Waals surface area contributed by atoms with E-state index in [1.165, 1.54) is 16.7 Å². The van der Waals surface area contributed by atoms with E-state index in [2.05, 4.69) is 91.1 Å². The second-order valence-corrected chi connectivity index (χ2v) is 6.84. The fourth-order valence-corrected chi connectivity index (χ4v) is 3.91. The van der Waals surface area contributed by atoms with Gasteiger partial charge in [-0.1, -0.05) is 53.9 Å². The van der Waals surface area contributed by atoms with Crippen LogP contribution in [0.15, 0.2) is 49.8 Å². The monoisotopic (exact) mass is 416 g/mol. The molecular weight excluding hydrogens is 408 g/mol. The Labute approximate surface area is 127 Å². The Bertz CT molecular complexity index is 457. The standard InChI is InChI=1S/C14H11Br3/c1-9-2-10(5-12(15)3-9)4-11-6-13(16)8-14(17)7-11/h2-3,5-8H,4H2,1H3. The van der Waals surface area contributed by atoms with E-state index >= 15 is 0 Å². The summed E-state index contributed by atoms with van der Waals surface area (Å²) in [6, 6.07) is 12.9. The summed E-state index contributed by atoms with van der Waals surface area (Å²) in [5, 5.41) is 0. The molecule has 88 valence electrons. The van der Waals surface area contributed by atoms with Crippen LogP contribution in [0.4, 0.5) is 0 Å². The lowest BCUT2D eigenvalue weighted by molar-refractivity contribution is 1.17. The molecule has 0 nitrogen and oxygen atoms in total. The predicted octanol–water partition coefficient (Wildman–Crippen LogP) is 5.87. The number of aryl methyl sites for hydroxylation is 1. The zero-order chi connectivity index (χ0) is 12.4. The molecule has 2 aromatic rings. The van der Waals surface area contributed by atoms with Crippen LogP contribution in [-0.4, -0.2) is 0 Å². The largest absolute Gasteiger partial charge is 0.0557 e. The minimum atomic E-state index is 0.943. The van der Waals surface area contributed by atoms with Crippen molar-refractivity contribution in [3.05, 3.63) is 66.5 Å². The maximum absolute atomic E-state index is 3.54. The van der Waals surface area contributed by atoms with E-state index in [4.69, 9.17) is 0 Å². The van der Waals surface area contributed by atoms with Crippen LogP contribution in [0.3, 0.4) is 0 Å². The van der Waals surface area contributed by atoms with Crippen molar-refractivity contribution in [2.45, 2.75) is 13.3 Å². The summed E-state index contributed by atoms with van der Waals surface area (Å²) in [6.07, 6.45) is 0.943. The molecule has 0 aliphatic carbocycles. The van der Waals surface area contributed by atoms with Crippen molar-refractivity contribution in [1.82, 2.24) is 0 Å². The molecule has 0 amide bonds. The fraction of sp³-hybridized carbons (Fsp3) is 0.143. The van der Waals surface area contributed by atoms with E-state index in [-0.39, 0.29) is 0 Å². The summed E-state index contributed by atoms with van der Waals surface area (Å²) in [4.78, 5) is 0. The van der Waals surface area contributed by atoms with E-state index < -0.39 is 0 Å². The highest BCUT2D eigenvalue weighted by molar-refractivity contribution is 9.11. The third kappa shape index (κ3) is 3.94. The number of hydrogen-bond donors (Lipinski definition) is 0. The third-order valence-corrected chi connectivity index (χ3v) is 3.81. The maximum atomic E-state index is 3.54. The van der Waals surface area contributed by atoms with E-state index in [1.807, 2.05) is 0 Å². The first-order chi connectivity index (χ1) is 8.02. The molecule has 0 spiro atoms. The van der Waals surface area contributed by atoms with Crippen molar-refractivity contribution in [2.75, 3.05) is 0 Å². The molecule has 0 saturated heterocycles. The highest BCUT2D eigenvalue weighted by atomic mass is 79.9. The Morgan fingerprint density at radius 1 is 0.706 bits per heavy atom. The summed E-state index contributed by atoms with van der Waals surface area (Å²) in [5.41, 5.74) is 3.90. The van der Waals surface area contributed by atoms with Crippen LogP contribution in [0.25, 0.3) is 0 Å². The van der Waals surface area contributed by atoms with Crippen molar-refractivity contribution in [1.29, 1.82) is 0 Å². The Kier molecular flexibility index (Phi) is 4.45. The first-order valence-corrected chi connectivity index (χ1v) is 7.62. The summed E-state index contributed by atoms with van der Waals surface area (Å²) in [7, 11) is 0. The summed E-state index contributed by atoms with van der Waals surface area (Å²) >= 11 is 10.6. The summed E-state index contributed by atoms with van der Waals surface area (Å²) in [5.74, 6) is 0. The van der Waals surface area contributed by atoms with E-state index in [1.54, 1.807) is 0 Å². The average Bonchev–Trinajstić information content (AvgIpc) is 2.13. The smallest absolute Gasteiger partial charge is 0.0189 e. The maximum Gasteiger partial charge on any atom is 0.0189 e. The molecular formula is C14H11Br3. The molecule has 0 heterocycles. The molecule has 0 unspecified atom stereocenters. The van der Waals surface area contributed by atoms with Gasteiger partial charge in [0.2, 0.25) is 0 Å². The second kappa shape index (κ2) is 5.68. The molecule has 3 heteroatoms. The van der Waals surface area contributed by atoms with Gasteiger partial charge in [-0.3, -0.25) is 0 Å². The lowest BCUT2D eigenvalue weighted by Gasteiger charge is -2.06. The second-order valence-electron chi connectivity index (χ2n) is 4.09. The molecule has 0 aromatic heterocycles. The average molecular weight is 419 g/mol. The fourth-order valence-electron chi connectivity index (χ4n) is 1.86. The molecule has 0 radical (unpaired) electrons. The zero-order valence-electron chi connectivity index (χ0n) is 9.31. The van der Waals surface area contributed by atoms with Crippen LogP contribution >= 0.6 is 47.8 Å². The molecule has 0 N–H and O–H groups in total. The van der Waals surface area contributed by atoms with Gasteiger partial charge in [-0.05, 0) is 60.4 Å². The lowest BCUT2D eigenvalue weighted by atomic mass is 10.0. The highest BCUT2D eigenvalue weighted by Crippen LogP contribution is 2.23. The first-order valence-electron chi connectivity index (χ1n) is 5.24. The van der Waals surface area contributed by atoms with Crippen LogP contribution in [0.2, 0.25) is 0 Å². The first kappa shape index (κ1) is 13.3. The van der Waals surface area contributed by atoms with Crippen molar-refractivity contribution < 1.29 is 0 Å². The van der Waals surface area contributed by atoms with Gasteiger partial charge >= 0.3 is 0 Å². The van der Waals surface area contributed by atoms with Crippen molar-refractivity contribution in [3.8, 4) is 0 Å². The zero-order valence-corrected chi connectivity index (χ0v) is 14.1. The Morgan fingerprint density at radius 2 is 1.18 bits per heavy atom. The van der Waals surface area contributed by atoms with E-state index in [0.717, 1.165) is 19.8 Å². The quantitative estimate of drug-likeness (QED) is 0.571. The van der Waals surface area contributed by atoms with Crippen molar-refractivity contribution in [2.24, 2.45) is 0 Å². The van der Waals surface area contributed by atoms with E-state index in [9.17, 15) is 0 Å². The van der Waals surface area contributed by atoms with Crippen LogP contribution in [0.5, 0.6) is 0 Å². The number of benzene rings is 2. The van der Waals surface area contributed by atoms with Crippen molar-refractivity contribution in [3.63, 3.8) is 0 Å². The van der Waals surface area contributed by atoms with Crippen LogP contribution in [0, 0.1) is 6.92 Å². The molecule has 17 heavy (non-hydrogen) atoms. The molecule has 2 aromatic carbocycles. The molecule has 0 fully saturated rings. The molecule has 0 atom stereocenters. The lowest BCUT2D eigenvalue weighted by Crippen LogP contribution is -1.90. The summed E-state index contributed by atoms with van der Waals surface area (Å²) < 4.78 is 3.35. The summed E-state index contributed by atoms with van der Waals surface area (Å²) in [6.45, 7) is 2.12. The minimum Gasteiger partial charge on any atom is -0.0557 e. The van der Waals surface area contributed by atoms with Gasteiger partial charge in [0.05, 0.1) is 0 Å². The van der Waals surface area contributed by atoms with Gasteiger partial charge < -0.3 is 0 Å². The Morgan fingerprint density at radius 3 is 1.71 bits per heavy atom.